The Morgan fingerprint density at radius 3 is 2.41 bits per heavy atom. The van der Waals surface area contributed by atoms with Gasteiger partial charge in [0.1, 0.15) is 6.04 Å². The molecule has 34 heavy (non-hydrogen) atoms. The predicted octanol–water partition coefficient (Wildman–Crippen LogP) is 4.99. The van der Waals surface area contributed by atoms with Crippen molar-refractivity contribution in [3.63, 3.8) is 0 Å². The van der Waals surface area contributed by atoms with Crippen molar-refractivity contribution in [3.05, 3.63) is 47.0 Å². The number of rotatable bonds is 10. The first kappa shape index (κ1) is 25.9. The van der Waals surface area contributed by atoms with Gasteiger partial charge in [0.15, 0.2) is 5.13 Å². The lowest BCUT2D eigenvalue weighted by Crippen LogP contribution is -2.52. The van der Waals surface area contributed by atoms with Crippen LogP contribution in [0.1, 0.15) is 82.9 Å². The third-order valence-electron chi connectivity index (χ3n) is 6.52. The van der Waals surface area contributed by atoms with Gasteiger partial charge in [-0.2, -0.15) is 0 Å². The second-order valence-electron chi connectivity index (χ2n) is 9.66. The Morgan fingerprint density at radius 2 is 1.82 bits per heavy atom. The Morgan fingerprint density at radius 1 is 1.15 bits per heavy atom. The van der Waals surface area contributed by atoms with Crippen molar-refractivity contribution in [2.45, 2.75) is 90.3 Å². The van der Waals surface area contributed by atoms with Crippen LogP contribution in [0.15, 0.2) is 35.8 Å². The van der Waals surface area contributed by atoms with E-state index in [9.17, 15) is 14.4 Å². The first-order valence-corrected chi connectivity index (χ1v) is 13.0. The van der Waals surface area contributed by atoms with Crippen molar-refractivity contribution in [3.8, 4) is 0 Å². The summed E-state index contributed by atoms with van der Waals surface area (Å²) in [5.74, 6) is -0.600. The van der Waals surface area contributed by atoms with Gasteiger partial charge >= 0.3 is 0 Å². The van der Waals surface area contributed by atoms with E-state index in [0.717, 1.165) is 43.2 Å². The van der Waals surface area contributed by atoms with Gasteiger partial charge in [-0.1, -0.05) is 49.6 Å². The number of amides is 3. The molecule has 1 fully saturated rings. The van der Waals surface area contributed by atoms with Crippen LogP contribution in [0, 0.1) is 6.92 Å². The maximum absolute atomic E-state index is 13.7. The highest BCUT2D eigenvalue weighted by atomic mass is 32.1. The molecule has 2 aromatic rings. The van der Waals surface area contributed by atoms with Crippen molar-refractivity contribution in [1.29, 1.82) is 0 Å². The number of benzene rings is 1. The van der Waals surface area contributed by atoms with Crippen LogP contribution in [0.5, 0.6) is 0 Å². The molecule has 1 atom stereocenters. The summed E-state index contributed by atoms with van der Waals surface area (Å²) < 4.78 is 0. The molecule has 1 aromatic carbocycles. The van der Waals surface area contributed by atoms with Crippen LogP contribution < -0.4 is 10.6 Å². The van der Waals surface area contributed by atoms with Crippen LogP contribution >= 0.6 is 11.3 Å². The predicted molar refractivity (Wildman–Crippen MR) is 136 cm³/mol. The zero-order chi connectivity index (χ0) is 24.7. The Labute approximate surface area is 206 Å². The van der Waals surface area contributed by atoms with Gasteiger partial charge in [0, 0.05) is 36.0 Å². The van der Waals surface area contributed by atoms with Crippen LogP contribution in [0.3, 0.4) is 0 Å². The second-order valence-corrected chi connectivity index (χ2v) is 10.6. The molecule has 0 radical (unpaired) electrons. The molecule has 7 nitrogen and oxygen atoms in total. The van der Waals surface area contributed by atoms with E-state index < -0.39 is 11.6 Å². The fourth-order valence-corrected chi connectivity index (χ4v) is 4.78. The summed E-state index contributed by atoms with van der Waals surface area (Å²) in [4.78, 5) is 45.5. The standard InChI is InChI=1S/C26H36N4O3S/c1-5-26(3,4)29-24(33)23(19-12-10-18(2)11-13-19)30(20-8-6-7-9-20)22(32)15-14-21(31)28-25-27-16-17-34-25/h10-13,16-17,20,23H,5-9,14-15H2,1-4H3,(H,29,33)(H,27,28,31). The minimum absolute atomic E-state index is 0.0173. The summed E-state index contributed by atoms with van der Waals surface area (Å²) >= 11 is 1.34. The highest BCUT2D eigenvalue weighted by Crippen LogP contribution is 2.33. The molecule has 1 unspecified atom stereocenters. The Bertz CT molecular complexity index is 966. The number of anilines is 1. The fraction of sp³-hybridized carbons (Fsp3) is 0.538. The fourth-order valence-electron chi connectivity index (χ4n) is 4.23. The lowest BCUT2D eigenvalue weighted by molar-refractivity contribution is -0.144. The molecule has 0 saturated heterocycles. The first-order valence-electron chi connectivity index (χ1n) is 12.1. The number of nitrogens with one attached hydrogen (secondary N) is 2. The van der Waals surface area contributed by atoms with Crippen LogP contribution in [0.4, 0.5) is 5.13 Å². The number of hydrogen-bond donors (Lipinski definition) is 2. The molecule has 1 aliphatic carbocycles. The molecule has 1 saturated carbocycles. The number of aromatic nitrogens is 1. The lowest BCUT2D eigenvalue weighted by atomic mass is 9.96. The number of thiazole rings is 1. The van der Waals surface area contributed by atoms with E-state index in [-0.39, 0.29) is 36.6 Å². The minimum atomic E-state index is -0.732. The normalized spacial score (nSPS) is 15.1. The Kier molecular flexibility index (Phi) is 8.83. The molecular weight excluding hydrogens is 448 g/mol. The van der Waals surface area contributed by atoms with E-state index >= 15 is 0 Å². The molecule has 184 valence electrons. The van der Waals surface area contributed by atoms with E-state index in [0.29, 0.717) is 5.13 Å². The molecule has 0 spiro atoms. The number of nitrogens with zero attached hydrogens (tertiary/aromatic N) is 2. The summed E-state index contributed by atoms with van der Waals surface area (Å²) in [5.41, 5.74) is 1.50. The largest absolute Gasteiger partial charge is 0.349 e. The van der Waals surface area contributed by atoms with Crippen LogP contribution in [0.25, 0.3) is 0 Å². The van der Waals surface area contributed by atoms with Crippen LogP contribution in [-0.2, 0) is 14.4 Å². The molecular formula is C26H36N4O3S. The Hall–Kier alpha value is -2.74. The van der Waals surface area contributed by atoms with Gasteiger partial charge in [-0.25, -0.2) is 4.98 Å². The number of aryl methyl sites for hydroxylation is 1. The van der Waals surface area contributed by atoms with Gasteiger partial charge in [0.05, 0.1) is 0 Å². The monoisotopic (exact) mass is 484 g/mol. The van der Waals surface area contributed by atoms with Crippen molar-refractivity contribution in [2.75, 3.05) is 5.32 Å². The second kappa shape index (κ2) is 11.6. The maximum atomic E-state index is 13.7. The van der Waals surface area contributed by atoms with Crippen molar-refractivity contribution in [1.82, 2.24) is 15.2 Å². The van der Waals surface area contributed by atoms with E-state index in [1.165, 1.54) is 11.3 Å². The zero-order valence-corrected chi connectivity index (χ0v) is 21.4. The minimum Gasteiger partial charge on any atom is -0.349 e. The Balaban J connectivity index is 1.86. The summed E-state index contributed by atoms with van der Waals surface area (Å²) in [6.45, 7) is 8.01. The van der Waals surface area contributed by atoms with Crippen LogP contribution in [0.2, 0.25) is 0 Å². The molecule has 1 aliphatic rings. The molecule has 0 aliphatic heterocycles. The smallest absolute Gasteiger partial charge is 0.247 e. The van der Waals surface area contributed by atoms with E-state index in [4.69, 9.17) is 0 Å². The van der Waals surface area contributed by atoms with Crippen LogP contribution in [-0.4, -0.2) is 39.2 Å². The quantitative estimate of drug-likeness (QED) is 0.497. The summed E-state index contributed by atoms with van der Waals surface area (Å²) in [7, 11) is 0. The molecule has 2 N–H and O–H groups in total. The molecule has 1 heterocycles. The molecule has 8 heteroatoms. The SMILES string of the molecule is CCC(C)(C)NC(=O)C(c1ccc(C)cc1)N(C(=O)CCC(=O)Nc1nccs1)C1CCCC1. The summed E-state index contributed by atoms with van der Waals surface area (Å²) in [5, 5.41) is 8.19. The third-order valence-corrected chi connectivity index (χ3v) is 7.20. The van der Waals surface area contributed by atoms with Gasteiger partial charge < -0.3 is 15.5 Å². The van der Waals surface area contributed by atoms with Crippen molar-refractivity contribution >= 4 is 34.2 Å². The molecule has 3 amide bonds. The summed E-state index contributed by atoms with van der Waals surface area (Å²) in [6, 6.07) is 7.06. The van der Waals surface area contributed by atoms with Gasteiger partial charge in [0.25, 0.3) is 0 Å². The summed E-state index contributed by atoms with van der Waals surface area (Å²) in [6.07, 6.45) is 6.27. The van der Waals surface area contributed by atoms with Gasteiger partial charge in [-0.3, -0.25) is 14.4 Å². The zero-order valence-electron chi connectivity index (χ0n) is 20.6. The number of carbonyl (C=O) groups is 3. The third kappa shape index (κ3) is 6.88. The van der Waals surface area contributed by atoms with E-state index in [2.05, 4.69) is 15.6 Å². The lowest BCUT2D eigenvalue weighted by Gasteiger charge is -2.38. The van der Waals surface area contributed by atoms with E-state index in [1.807, 2.05) is 52.0 Å². The van der Waals surface area contributed by atoms with Gasteiger partial charge in [0.2, 0.25) is 17.7 Å². The molecule has 3 rings (SSSR count). The van der Waals surface area contributed by atoms with Crippen molar-refractivity contribution < 1.29 is 14.4 Å². The van der Waals surface area contributed by atoms with E-state index in [1.54, 1.807) is 16.5 Å². The van der Waals surface area contributed by atoms with Crippen molar-refractivity contribution in [2.24, 2.45) is 0 Å². The number of carbonyl (C=O) groups excluding carboxylic acids is 3. The maximum Gasteiger partial charge on any atom is 0.247 e. The van der Waals surface area contributed by atoms with Gasteiger partial charge in [-0.15, -0.1) is 11.3 Å². The van der Waals surface area contributed by atoms with Gasteiger partial charge in [-0.05, 0) is 45.6 Å². The average molecular weight is 485 g/mol. The highest BCUT2D eigenvalue weighted by Gasteiger charge is 2.38. The molecule has 1 aromatic heterocycles. The first-order chi connectivity index (χ1) is 16.2. The highest BCUT2D eigenvalue weighted by molar-refractivity contribution is 7.13. The molecule has 0 bridgehead atoms. The number of hydrogen-bond acceptors (Lipinski definition) is 5. The topological polar surface area (TPSA) is 91.4 Å². The average Bonchev–Trinajstić information content (AvgIpc) is 3.51.